The van der Waals surface area contributed by atoms with Crippen LogP contribution in [-0.4, -0.2) is 20.8 Å². The second-order valence-corrected chi connectivity index (χ2v) is 8.35. The van der Waals surface area contributed by atoms with Crippen LogP contribution in [0.1, 0.15) is 23.6 Å². The molecule has 0 N–H and O–H groups in total. The fourth-order valence-corrected chi connectivity index (χ4v) is 4.76. The molecule has 0 aromatic heterocycles. The summed E-state index contributed by atoms with van der Waals surface area (Å²) < 4.78 is 10.9. The number of halogens is 2. The van der Waals surface area contributed by atoms with Crippen molar-refractivity contribution in [1.82, 2.24) is 0 Å². The maximum atomic E-state index is 6.60. The van der Waals surface area contributed by atoms with E-state index >= 15 is 0 Å². The van der Waals surface area contributed by atoms with E-state index < -0.39 is 0 Å². The molecule has 5 heteroatoms. The first-order valence-electron chi connectivity index (χ1n) is 9.47. The molecular weight excluding hydrogens is 405 g/mol. The first kappa shape index (κ1) is 19.9. The van der Waals surface area contributed by atoms with E-state index in [1.807, 2.05) is 36.4 Å². The van der Waals surface area contributed by atoms with E-state index in [0.717, 1.165) is 44.9 Å². The summed E-state index contributed by atoms with van der Waals surface area (Å²) in [7, 11) is 3.34. The van der Waals surface area contributed by atoms with E-state index in [9.17, 15) is 0 Å². The molecule has 3 nitrogen and oxygen atoms in total. The predicted octanol–water partition coefficient (Wildman–Crippen LogP) is 6.34. The van der Waals surface area contributed by atoms with Gasteiger partial charge in [0.1, 0.15) is 11.5 Å². The zero-order chi connectivity index (χ0) is 20.6. The summed E-state index contributed by atoms with van der Waals surface area (Å²) in [5.74, 6) is 1.59. The van der Waals surface area contributed by atoms with Gasteiger partial charge in [0.25, 0.3) is 0 Å². The van der Waals surface area contributed by atoms with Crippen molar-refractivity contribution in [3.8, 4) is 11.5 Å². The minimum atomic E-state index is -0.266. The van der Waals surface area contributed by atoms with Gasteiger partial charge in [-0.2, -0.15) is 0 Å². The Morgan fingerprint density at radius 3 is 2.45 bits per heavy atom. The lowest BCUT2D eigenvalue weighted by molar-refractivity contribution is 0.390. The van der Waals surface area contributed by atoms with Crippen molar-refractivity contribution in [1.29, 1.82) is 0 Å². The highest BCUT2D eigenvalue weighted by Gasteiger charge is 2.41. The van der Waals surface area contributed by atoms with E-state index in [-0.39, 0.29) is 5.41 Å². The van der Waals surface area contributed by atoms with Gasteiger partial charge in [-0.3, -0.25) is 0 Å². The van der Waals surface area contributed by atoms with Gasteiger partial charge in [0.15, 0.2) is 0 Å². The molecule has 29 heavy (non-hydrogen) atoms. The number of rotatable bonds is 5. The lowest BCUT2D eigenvalue weighted by Gasteiger charge is -2.28. The van der Waals surface area contributed by atoms with E-state index in [1.165, 1.54) is 5.56 Å². The molecule has 1 aliphatic heterocycles. The molecule has 0 saturated heterocycles. The van der Waals surface area contributed by atoms with Crippen molar-refractivity contribution in [2.45, 2.75) is 18.9 Å². The van der Waals surface area contributed by atoms with Crippen molar-refractivity contribution in [2.75, 3.05) is 25.7 Å². The number of benzene rings is 3. The molecule has 1 atom stereocenters. The number of ether oxygens (including phenoxy) is 2. The molecule has 0 radical (unpaired) electrons. The zero-order valence-corrected chi connectivity index (χ0v) is 18.2. The van der Waals surface area contributed by atoms with Crippen molar-refractivity contribution in [3.63, 3.8) is 0 Å². The summed E-state index contributed by atoms with van der Waals surface area (Å²) in [5, 5.41) is 1.50. The van der Waals surface area contributed by atoms with Crippen LogP contribution in [0, 0.1) is 0 Å². The van der Waals surface area contributed by atoms with Gasteiger partial charge in [-0.25, -0.2) is 0 Å². The Kier molecular flexibility index (Phi) is 5.37. The van der Waals surface area contributed by atoms with Gasteiger partial charge in [0, 0.05) is 45.9 Å². The van der Waals surface area contributed by atoms with E-state index in [0.29, 0.717) is 6.54 Å². The zero-order valence-electron chi connectivity index (χ0n) is 16.7. The number of hydrogen-bond acceptors (Lipinski definition) is 3. The average Bonchev–Trinajstić information content (AvgIpc) is 3.00. The summed E-state index contributed by atoms with van der Waals surface area (Å²) >= 11 is 13.0. The number of methoxy groups -OCH3 is 2. The summed E-state index contributed by atoms with van der Waals surface area (Å²) in [4.78, 5) is 2.36. The number of hydrogen-bond donors (Lipinski definition) is 0. The third-order valence-corrected chi connectivity index (χ3v) is 6.29. The highest BCUT2D eigenvalue weighted by molar-refractivity contribution is 6.31. The standard InChI is InChI=1S/C24H23Cl2NO2/c1-24(19-6-4-5-7-21(19)26)15-27(22-11-9-17(25)12-20(22)24)14-16-8-10-18(28-2)13-23(16)29-3/h4-13H,14-15H2,1-3H3. The molecule has 0 saturated carbocycles. The Morgan fingerprint density at radius 2 is 1.72 bits per heavy atom. The van der Waals surface area contributed by atoms with Crippen LogP contribution in [0.15, 0.2) is 60.7 Å². The van der Waals surface area contributed by atoms with Crippen molar-refractivity contribution in [3.05, 3.63) is 87.4 Å². The first-order chi connectivity index (χ1) is 14.0. The third kappa shape index (κ3) is 3.54. The molecule has 1 aliphatic rings. The van der Waals surface area contributed by atoms with Crippen LogP contribution in [0.5, 0.6) is 11.5 Å². The molecular formula is C24H23Cl2NO2. The van der Waals surface area contributed by atoms with Crippen LogP contribution >= 0.6 is 23.2 Å². The lowest BCUT2D eigenvalue weighted by Crippen LogP contribution is -2.32. The molecule has 3 aromatic rings. The van der Waals surface area contributed by atoms with Gasteiger partial charge >= 0.3 is 0 Å². The molecule has 3 aromatic carbocycles. The predicted molar refractivity (Wildman–Crippen MR) is 120 cm³/mol. The maximum Gasteiger partial charge on any atom is 0.127 e. The number of fused-ring (bicyclic) bond motifs is 1. The second-order valence-electron chi connectivity index (χ2n) is 7.51. The van der Waals surface area contributed by atoms with E-state index in [4.69, 9.17) is 32.7 Å². The Labute approximate surface area is 181 Å². The van der Waals surface area contributed by atoms with Gasteiger partial charge in [-0.15, -0.1) is 0 Å². The normalized spacial score (nSPS) is 17.9. The maximum absolute atomic E-state index is 6.60. The van der Waals surface area contributed by atoms with E-state index in [2.05, 4.69) is 36.1 Å². The Hall–Kier alpha value is -2.36. The lowest BCUT2D eigenvalue weighted by atomic mass is 9.78. The summed E-state index contributed by atoms with van der Waals surface area (Å²) in [6.45, 7) is 3.73. The second kappa shape index (κ2) is 7.81. The summed E-state index contributed by atoms with van der Waals surface area (Å²) in [6.07, 6.45) is 0. The molecule has 0 aliphatic carbocycles. The van der Waals surface area contributed by atoms with Crippen LogP contribution < -0.4 is 14.4 Å². The molecule has 4 rings (SSSR count). The van der Waals surface area contributed by atoms with Crippen molar-refractivity contribution in [2.24, 2.45) is 0 Å². The number of anilines is 1. The topological polar surface area (TPSA) is 21.7 Å². The Bertz CT molecular complexity index is 1050. The molecule has 1 heterocycles. The smallest absolute Gasteiger partial charge is 0.127 e. The van der Waals surface area contributed by atoms with Crippen LogP contribution in [0.25, 0.3) is 0 Å². The first-order valence-corrected chi connectivity index (χ1v) is 10.2. The van der Waals surface area contributed by atoms with E-state index in [1.54, 1.807) is 14.2 Å². The quantitative estimate of drug-likeness (QED) is 0.474. The minimum absolute atomic E-state index is 0.266. The highest BCUT2D eigenvalue weighted by atomic mass is 35.5. The SMILES string of the molecule is COc1ccc(CN2CC(C)(c3ccccc3Cl)c3cc(Cl)ccc32)c(OC)c1. The van der Waals surface area contributed by atoms with Crippen molar-refractivity contribution < 1.29 is 9.47 Å². The Morgan fingerprint density at radius 1 is 0.931 bits per heavy atom. The van der Waals surface area contributed by atoms with Gasteiger partial charge in [-0.1, -0.05) is 41.4 Å². The van der Waals surface area contributed by atoms with Gasteiger partial charge in [0.2, 0.25) is 0 Å². The molecule has 0 fully saturated rings. The molecule has 0 amide bonds. The monoisotopic (exact) mass is 427 g/mol. The summed E-state index contributed by atoms with van der Waals surface area (Å²) in [5.41, 5.74) is 4.28. The largest absolute Gasteiger partial charge is 0.497 e. The Balaban J connectivity index is 1.77. The molecule has 0 spiro atoms. The average molecular weight is 428 g/mol. The molecule has 150 valence electrons. The van der Waals surface area contributed by atoms with Crippen LogP contribution in [0.2, 0.25) is 10.0 Å². The van der Waals surface area contributed by atoms with Gasteiger partial charge < -0.3 is 14.4 Å². The highest BCUT2D eigenvalue weighted by Crippen LogP contribution is 2.48. The van der Waals surface area contributed by atoms with Crippen LogP contribution in [0.4, 0.5) is 5.69 Å². The summed E-state index contributed by atoms with van der Waals surface area (Å²) in [6, 6.07) is 20.1. The van der Waals surface area contributed by atoms with Gasteiger partial charge in [0.05, 0.1) is 14.2 Å². The van der Waals surface area contributed by atoms with Gasteiger partial charge in [-0.05, 0) is 54.4 Å². The molecule has 1 unspecified atom stereocenters. The van der Waals surface area contributed by atoms with Crippen molar-refractivity contribution >= 4 is 28.9 Å². The number of nitrogens with zero attached hydrogens (tertiary/aromatic N) is 1. The fourth-order valence-electron chi connectivity index (χ4n) is 4.25. The van der Waals surface area contributed by atoms with Crippen LogP contribution in [-0.2, 0) is 12.0 Å². The minimum Gasteiger partial charge on any atom is -0.497 e. The van der Waals surface area contributed by atoms with Crippen LogP contribution in [0.3, 0.4) is 0 Å². The third-order valence-electron chi connectivity index (χ3n) is 5.72. The fraction of sp³-hybridized carbons (Fsp3) is 0.250. The molecule has 0 bridgehead atoms.